The molecule has 1 aromatic rings. The number of amides is 1. The van der Waals surface area contributed by atoms with Crippen LogP contribution in [0, 0.1) is 28.6 Å². The molecular formula is C31H37NO7. The molecule has 0 radical (unpaired) electrons. The van der Waals surface area contributed by atoms with E-state index in [-0.39, 0.29) is 41.5 Å². The Morgan fingerprint density at radius 3 is 2.72 bits per heavy atom. The first kappa shape index (κ1) is 26.1. The number of allylic oxidation sites excluding steroid dienone is 4. The molecule has 2 fully saturated rings. The average Bonchev–Trinajstić information content (AvgIpc) is 3.46. The molecule has 39 heavy (non-hydrogen) atoms. The van der Waals surface area contributed by atoms with Crippen LogP contribution in [0.1, 0.15) is 59.8 Å². The summed E-state index contributed by atoms with van der Waals surface area (Å²) in [4.78, 5) is 39.0. The number of rotatable bonds is 5. The second-order valence-electron chi connectivity index (χ2n) is 12.2. The smallest absolute Gasteiger partial charge is 0.411 e. The predicted octanol–water partition coefficient (Wildman–Crippen LogP) is 5.61. The molecule has 1 aliphatic heterocycles. The number of anilines is 1. The number of hydrogen-bond acceptors (Lipinski definition) is 7. The van der Waals surface area contributed by atoms with E-state index in [1.54, 1.807) is 31.2 Å². The quantitative estimate of drug-likeness (QED) is 0.523. The fourth-order valence-corrected chi connectivity index (χ4v) is 8.62. The summed E-state index contributed by atoms with van der Waals surface area (Å²) in [6, 6.07) is 5.22. The average molecular weight is 536 g/mol. The molecule has 0 saturated heterocycles. The fraction of sp³-hybridized carbons (Fsp3) is 0.581. The largest absolute Gasteiger partial charge is 0.454 e. The molecule has 7 atom stereocenters. The minimum Gasteiger partial charge on any atom is -0.454 e. The standard InChI is InChI=1S/C31H37NO7/c1-5-38-31(18(2)33)13-11-23-22-8-6-19-14-21(34)10-12-29(19,3)27(22)26(16-30(23,31)4)39-28(35)32-20-7-9-24-25(15-20)37-17-36-24/h6-9,14-15,22-23,26-27H,5,10-13,16-17H2,1-4H3,(H,32,35)/t22-,23-,26-,27-,29+,30-,31-/m0/s1. The molecule has 1 heterocycles. The van der Waals surface area contributed by atoms with Crippen molar-refractivity contribution in [3.8, 4) is 11.5 Å². The highest BCUT2D eigenvalue weighted by molar-refractivity contribution is 5.92. The number of ketones is 2. The zero-order valence-corrected chi connectivity index (χ0v) is 23.1. The molecule has 1 amide bonds. The van der Waals surface area contributed by atoms with E-state index in [4.69, 9.17) is 18.9 Å². The zero-order valence-electron chi connectivity index (χ0n) is 23.1. The number of benzene rings is 1. The SMILES string of the molecule is CCO[C@]1(C(C)=O)CC[C@H]2[C@@H]3C=CC4=CC(=O)CC[C@@]4(C)[C@@H]3[C@@H](OC(=O)Nc3ccc4c(c3)OCO4)C[C@@]21C. The number of hydrogen-bond donors (Lipinski definition) is 1. The number of fused-ring (bicyclic) bond motifs is 6. The highest BCUT2D eigenvalue weighted by Crippen LogP contribution is 2.67. The van der Waals surface area contributed by atoms with Gasteiger partial charge in [-0.15, -0.1) is 0 Å². The second kappa shape index (κ2) is 9.22. The molecule has 2 saturated carbocycles. The van der Waals surface area contributed by atoms with Gasteiger partial charge in [-0.25, -0.2) is 4.79 Å². The highest BCUT2D eigenvalue weighted by Gasteiger charge is 2.69. The minimum absolute atomic E-state index is 0.0215. The van der Waals surface area contributed by atoms with Gasteiger partial charge >= 0.3 is 6.09 Å². The van der Waals surface area contributed by atoms with Crippen molar-refractivity contribution in [3.05, 3.63) is 42.0 Å². The molecule has 0 spiro atoms. The summed E-state index contributed by atoms with van der Waals surface area (Å²) < 4.78 is 23.5. The summed E-state index contributed by atoms with van der Waals surface area (Å²) in [7, 11) is 0. The van der Waals surface area contributed by atoms with Crippen LogP contribution in [-0.4, -0.2) is 42.8 Å². The first-order valence-corrected chi connectivity index (χ1v) is 14.1. The summed E-state index contributed by atoms with van der Waals surface area (Å²) in [6.45, 7) is 8.50. The van der Waals surface area contributed by atoms with Crippen molar-refractivity contribution in [1.29, 1.82) is 0 Å². The van der Waals surface area contributed by atoms with E-state index in [0.717, 1.165) is 12.0 Å². The monoisotopic (exact) mass is 535 g/mol. The minimum atomic E-state index is -0.916. The Bertz CT molecular complexity index is 1290. The van der Waals surface area contributed by atoms with Gasteiger partial charge in [0.15, 0.2) is 23.1 Å². The van der Waals surface area contributed by atoms with Gasteiger partial charge in [-0.1, -0.05) is 26.0 Å². The Morgan fingerprint density at radius 2 is 1.95 bits per heavy atom. The van der Waals surface area contributed by atoms with Crippen LogP contribution in [0.3, 0.4) is 0 Å². The Hall–Kier alpha value is -3.13. The van der Waals surface area contributed by atoms with Crippen LogP contribution in [0.4, 0.5) is 10.5 Å². The van der Waals surface area contributed by atoms with Gasteiger partial charge in [0.1, 0.15) is 11.7 Å². The van der Waals surface area contributed by atoms with Crippen molar-refractivity contribution in [2.75, 3.05) is 18.7 Å². The third-order valence-corrected chi connectivity index (χ3v) is 10.4. The zero-order chi connectivity index (χ0) is 27.6. The predicted molar refractivity (Wildman–Crippen MR) is 143 cm³/mol. The summed E-state index contributed by atoms with van der Waals surface area (Å²) in [5, 5.41) is 2.87. The van der Waals surface area contributed by atoms with Crippen molar-refractivity contribution >= 4 is 23.3 Å². The normalized spacial score (nSPS) is 37.8. The van der Waals surface area contributed by atoms with Crippen LogP contribution in [0.25, 0.3) is 0 Å². The lowest BCUT2D eigenvalue weighted by Gasteiger charge is -2.59. The lowest BCUT2D eigenvalue weighted by molar-refractivity contribution is -0.184. The van der Waals surface area contributed by atoms with Crippen LogP contribution in [0.5, 0.6) is 11.5 Å². The van der Waals surface area contributed by atoms with Gasteiger partial charge in [0.05, 0.1) is 0 Å². The molecule has 0 aromatic heterocycles. The maximum Gasteiger partial charge on any atom is 0.411 e. The molecule has 0 unspecified atom stereocenters. The molecule has 1 aromatic carbocycles. The van der Waals surface area contributed by atoms with E-state index < -0.39 is 23.2 Å². The summed E-state index contributed by atoms with van der Waals surface area (Å²) in [5.74, 6) is 1.64. The van der Waals surface area contributed by atoms with Crippen molar-refractivity contribution in [3.63, 3.8) is 0 Å². The third-order valence-electron chi connectivity index (χ3n) is 10.4. The van der Waals surface area contributed by atoms with Gasteiger partial charge in [0.2, 0.25) is 6.79 Å². The van der Waals surface area contributed by atoms with Crippen LogP contribution in [-0.2, 0) is 19.1 Å². The lowest BCUT2D eigenvalue weighted by Crippen LogP contribution is -2.62. The Kier molecular flexibility index (Phi) is 6.17. The van der Waals surface area contributed by atoms with E-state index in [2.05, 4.69) is 31.3 Å². The van der Waals surface area contributed by atoms with Crippen LogP contribution in [0.2, 0.25) is 0 Å². The summed E-state index contributed by atoms with van der Waals surface area (Å²) >= 11 is 0. The van der Waals surface area contributed by atoms with Crippen LogP contribution in [0.15, 0.2) is 42.0 Å². The van der Waals surface area contributed by atoms with Gasteiger partial charge in [0.25, 0.3) is 0 Å². The van der Waals surface area contributed by atoms with Gasteiger partial charge in [0, 0.05) is 36.1 Å². The first-order valence-electron chi connectivity index (χ1n) is 14.1. The van der Waals surface area contributed by atoms with Gasteiger partial charge < -0.3 is 18.9 Å². The summed E-state index contributed by atoms with van der Waals surface area (Å²) in [5.41, 5.74) is -0.181. The Morgan fingerprint density at radius 1 is 1.15 bits per heavy atom. The number of ether oxygens (including phenoxy) is 4. The number of nitrogens with one attached hydrogen (secondary N) is 1. The van der Waals surface area contributed by atoms with Crippen molar-refractivity contribution in [2.45, 2.75) is 71.5 Å². The third kappa shape index (κ3) is 3.85. The highest BCUT2D eigenvalue weighted by atomic mass is 16.7. The van der Waals surface area contributed by atoms with E-state index in [0.29, 0.717) is 49.5 Å². The molecule has 8 heteroatoms. The molecule has 4 aliphatic carbocycles. The van der Waals surface area contributed by atoms with E-state index >= 15 is 0 Å². The van der Waals surface area contributed by atoms with E-state index in [1.165, 1.54) is 0 Å². The maximum atomic E-state index is 13.4. The van der Waals surface area contributed by atoms with Crippen molar-refractivity contribution < 1.29 is 33.3 Å². The lowest BCUT2D eigenvalue weighted by atomic mass is 9.47. The molecule has 0 bridgehead atoms. The second-order valence-corrected chi connectivity index (χ2v) is 12.2. The molecule has 208 valence electrons. The fourth-order valence-electron chi connectivity index (χ4n) is 8.62. The van der Waals surface area contributed by atoms with Crippen molar-refractivity contribution in [1.82, 2.24) is 0 Å². The van der Waals surface area contributed by atoms with E-state index in [1.807, 2.05) is 6.92 Å². The maximum absolute atomic E-state index is 13.4. The van der Waals surface area contributed by atoms with Crippen molar-refractivity contribution in [2.24, 2.45) is 28.6 Å². The molecule has 5 aliphatic rings. The van der Waals surface area contributed by atoms with Gasteiger partial charge in [-0.3, -0.25) is 14.9 Å². The van der Waals surface area contributed by atoms with Gasteiger partial charge in [-0.05, 0) is 80.6 Å². The van der Waals surface area contributed by atoms with E-state index in [9.17, 15) is 14.4 Å². The molecular weight excluding hydrogens is 498 g/mol. The summed E-state index contributed by atoms with van der Waals surface area (Å²) in [6.07, 6.45) is 8.25. The number of Topliss-reactive ketones (excluding diaryl/α,β-unsaturated/α-hetero) is 1. The Labute approximate surface area is 229 Å². The molecule has 6 rings (SSSR count). The number of carbonyl (C=O) groups is 3. The van der Waals surface area contributed by atoms with Crippen LogP contribution >= 0.6 is 0 Å². The topological polar surface area (TPSA) is 100 Å². The first-order chi connectivity index (χ1) is 18.6. The van der Waals surface area contributed by atoms with Gasteiger partial charge in [-0.2, -0.15) is 0 Å². The number of carbonyl (C=O) groups excluding carboxylic acids is 3. The molecule has 1 N–H and O–H groups in total. The van der Waals surface area contributed by atoms with Crippen LogP contribution < -0.4 is 14.8 Å². The molecule has 8 nitrogen and oxygen atoms in total. The Balaban J connectivity index is 1.37.